The van der Waals surface area contributed by atoms with Gasteiger partial charge in [-0.15, -0.1) is 0 Å². The largest absolute Gasteiger partial charge is 0.508 e. The van der Waals surface area contributed by atoms with Crippen LogP contribution in [0.2, 0.25) is 0 Å². The van der Waals surface area contributed by atoms with Gasteiger partial charge in [-0.1, -0.05) is 24.3 Å². The minimum absolute atomic E-state index is 0.0108. The highest BCUT2D eigenvalue weighted by atomic mass is 19.4. The number of esters is 1. The lowest BCUT2D eigenvalue weighted by Gasteiger charge is -2.38. The molecule has 252 valence electrons. The van der Waals surface area contributed by atoms with Crippen molar-refractivity contribution in [2.75, 3.05) is 32.6 Å². The van der Waals surface area contributed by atoms with Crippen LogP contribution in [-0.4, -0.2) is 93.4 Å². The van der Waals surface area contributed by atoms with Crippen molar-refractivity contribution in [1.82, 2.24) is 0 Å². The Kier molecular flexibility index (Phi) is 11.7. The topological polar surface area (TPSA) is 192 Å². The molecule has 6 N–H and O–H groups in total. The fourth-order valence-corrected chi connectivity index (χ4v) is 5.15. The van der Waals surface area contributed by atoms with Gasteiger partial charge in [0.25, 0.3) is 11.8 Å². The molecule has 0 saturated carbocycles. The molecule has 1 aromatic heterocycles. The van der Waals surface area contributed by atoms with Gasteiger partial charge in [0.2, 0.25) is 5.76 Å². The minimum atomic E-state index is -5.08. The van der Waals surface area contributed by atoms with E-state index in [4.69, 9.17) is 20.1 Å². The first-order valence-electron chi connectivity index (χ1n) is 14.1. The third kappa shape index (κ3) is 10.3. The summed E-state index contributed by atoms with van der Waals surface area (Å²) in [5.41, 5.74) is 8.25. The van der Waals surface area contributed by atoms with Crippen LogP contribution in [0.3, 0.4) is 0 Å². The summed E-state index contributed by atoms with van der Waals surface area (Å²) in [7, 11) is 3.28. The first-order chi connectivity index (χ1) is 22.0. The predicted molar refractivity (Wildman–Crippen MR) is 160 cm³/mol. The van der Waals surface area contributed by atoms with E-state index in [1.807, 2.05) is 6.07 Å². The summed E-state index contributed by atoms with van der Waals surface area (Å²) in [6.07, 6.45) is -3.65. The number of primary amides is 1. The number of carboxylic acids is 1. The van der Waals surface area contributed by atoms with Crippen molar-refractivity contribution in [3.63, 3.8) is 0 Å². The Morgan fingerprint density at radius 1 is 1.04 bits per heavy atom. The number of quaternary nitrogens is 1. The van der Waals surface area contributed by atoms with Crippen molar-refractivity contribution < 1.29 is 65.9 Å². The number of piperidine rings is 1. The molecule has 47 heavy (non-hydrogen) atoms. The number of hydrogen-bond acceptors (Lipinski definition) is 8. The number of amides is 3. The van der Waals surface area contributed by atoms with E-state index in [-0.39, 0.29) is 29.6 Å². The predicted octanol–water partition coefficient (Wildman–Crippen LogP) is 3.63. The number of anilines is 1. The molecule has 0 spiro atoms. The molecule has 0 radical (unpaired) electrons. The number of carbonyl (C=O) groups excluding carboxylic acids is 3. The first kappa shape index (κ1) is 36.1. The number of halogens is 3. The zero-order chi connectivity index (χ0) is 34.9. The number of carboxylic acid groups (broad SMARTS) is 1. The van der Waals surface area contributed by atoms with Gasteiger partial charge in [0, 0.05) is 30.9 Å². The molecule has 1 fully saturated rings. The maximum Gasteiger partial charge on any atom is 0.499 e. The summed E-state index contributed by atoms with van der Waals surface area (Å²) in [6, 6.07) is 14.6. The number of phenolic OH excluding ortho intramolecular Hbond substituents is 2. The number of alkyl halides is 3. The molecule has 1 aliphatic rings. The number of nitrogens with two attached hydrogens (primary N) is 1. The second kappa shape index (κ2) is 15.3. The first-order valence-corrected chi connectivity index (χ1v) is 14.1. The number of rotatable bonds is 8. The SMILES string of the molecule is COC(=O)c1ccc(NC(=O)/[N+](=C2/CCC[N+](C)(Cc3cccc(O)c3)C2)[C@@H](Cc2ccc(O)cc2)C(N)=O)o1.O=C(O)C(F)(F)F. The van der Waals surface area contributed by atoms with Gasteiger partial charge in [0.05, 0.1) is 20.7 Å². The number of methoxy groups -OCH3 is 1. The summed E-state index contributed by atoms with van der Waals surface area (Å²) < 4.78 is 43.8. The van der Waals surface area contributed by atoms with Crippen LogP contribution >= 0.6 is 0 Å². The molecule has 4 rings (SSSR count). The number of benzene rings is 2. The van der Waals surface area contributed by atoms with E-state index in [1.165, 1.54) is 36.0 Å². The van der Waals surface area contributed by atoms with Crippen molar-refractivity contribution in [3.05, 3.63) is 77.6 Å². The van der Waals surface area contributed by atoms with Gasteiger partial charge in [-0.05, 0) is 35.9 Å². The summed E-state index contributed by atoms with van der Waals surface area (Å²) in [5, 5.41) is 29.4. The Labute approximate surface area is 266 Å². The molecule has 1 aliphatic heterocycles. The van der Waals surface area contributed by atoms with E-state index < -0.39 is 36.1 Å². The molecule has 3 amide bonds. The molecule has 16 heteroatoms. The van der Waals surface area contributed by atoms with E-state index in [9.17, 15) is 37.8 Å². The summed E-state index contributed by atoms with van der Waals surface area (Å²) in [4.78, 5) is 47.4. The smallest absolute Gasteiger partial charge is 0.499 e. The molecule has 3 aromatic rings. The van der Waals surface area contributed by atoms with Gasteiger partial charge < -0.3 is 34.7 Å². The second-order valence-corrected chi connectivity index (χ2v) is 11.0. The number of urea groups is 1. The van der Waals surface area contributed by atoms with Crippen LogP contribution in [0.1, 0.15) is 34.5 Å². The van der Waals surface area contributed by atoms with Crippen LogP contribution in [0.5, 0.6) is 11.5 Å². The van der Waals surface area contributed by atoms with Gasteiger partial charge in [0.15, 0.2) is 6.04 Å². The molecular formula is C31H35F3N4O9+2. The Hall–Kier alpha value is -5.38. The molecule has 2 aromatic carbocycles. The number of aliphatic carboxylic acids is 1. The van der Waals surface area contributed by atoms with E-state index in [0.29, 0.717) is 35.3 Å². The minimum Gasteiger partial charge on any atom is -0.508 e. The summed E-state index contributed by atoms with van der Waals surface area (Å²) in [6.45, 7) is 1.88. The molecule has 1 unspecified atom stereocenters. The van der Waals surface area contributed by atoms with Crippen LogP contribution in [0.15, 0.2) is 65.1 Å². The monoisotopic (exact) mass is 664 g/mol. The van der Waals surface area contributed by atoms with Crippen molar-refractivity contribution in [3.8, 4) is 11.5 Å². The van der Waals surface area contributed by atoms with E-state index in [2.05, 4.69) is 17.1 Å². The van der Waals surface area contributed by atoms with Gasteiger partial charge in [-0.3, -0.25) is 4.79 Å². The number of nitrogens with zero attached hydrogens (tertiary/aromatic N) is 2. The van der Waals surface area contributed by atoms with Crippen LogP contribution in [0, 0.1) is 0 Å². The highest BCUT2D eigenvalue weighted by Gasteiger charge is 2.40. The van der Waals surface area contributed by atoms with Gasteiger partial charge in [0.1, 0.15) is 30.3 Å². The third-order valence-electron chi connectivity index (χ3n) is 7.23. The average molecular weight is 665 g/mol. The molecule has 0 aliphatic carbocycles. The average Bonchev–Trinajstić information content (AvgIpc) is 3.45. The van der Waals surface area contributed by atoms with Crippen LogP contribution in [0.4, 0.5) is 23.8 Å². The molecule has 0 bridgehead atoms. The highest BCUT2D eigenvalue weighted by molar-refractivity contribution is 5.94. The van der Waals surface area contributed by atoms with E-state index in [0.717, 1.165) is 18.5 Å². The van der Waals surface area contributed by atoms with Crippen molar-refractivity contribution in [2.24, 2.45) is 5.73 Å². The van der Waals surface area contributed by atoms with E-state index in [1.54, 1.807) is 30.3 Å². The highest BCUT2D eigenvalue weighted by Crippen LogP contribution is 2.23. The van der Waals surface area contributed by atoms with Gasteiger partial charge in [-0.2, -0.15) is 27.9 Å². The lowest BCUT2D eigenvalue weighted by atomic mass is 10.0. The van der Waals surface area contributed by atoms with Crippen molar-refractivity contribution >= 4 is 35.5 Å². The number of nitrogens with one attached hydrogen (secondary N) is 1. The number of phenols is 2. The molecular weight excluding hydrogens is 629 g/mol. The van der Waals surface area contributed by atoms with Crippen LogP contribution < -0.4 is 11.1 Å². The Morgan fingerprint density at radius 2 is 1.70 bits per heavy atom. The summed E-state index contributed by atoms with van der Waals surface area (Å²) >= 11 is 0. The fourth-order valence-electron chi connectivity index (χ4n) is 5.15. The zero-order valence-electron chi connectivity index (χ0n) is 25.5. The van der Waals surface area contributed by atoms with Crippen molar-refractivity contribution in [2.45, 2.75) is 38.0 Å². The fraction of sp³-hybridized carbons (Fsp3) is 0.323. The zero-order valence-corrected chi connectivity index (χ0v) is 25.5. The molecule has 13 nitrogen and oxygen atoms in total. The molecule has 1 saturated heterocycles. The number of likely N-dealkylation sites (tertiary alicyclic amines) is 1. The quantitative estimate of drug-likeness (QED) is 0.136. The van der Waals surface area contributed by atoms with Gasteiger partial charge in [-0.25, -0.2) is 9.59 Å². The van der Waals surface area contributed by atoms with E-state index >= 15 is 0 Å². The lowest BCUT2D eigenvalue weighted by Crippen LogP contribution is -2.56. The Balaban J connectivity index is 0.000000771. The number of carbonyl (C=O) groups is 4. The maximum atomic E-state index is 13.8. The summed E-state index contributed by atoms with van der Waals surface area (Å²) in [5.74, 6) is -3.96. The van der Waals surface area contributed by atoms with Crippen LogP contribution in [0.25, 0.3) is 0 Å². The lowest BCUT2D eigenvalue weighted by molar-refractivity contribution is -0.918. The number of furan rings is 1. The van der Waals surface area contributed by atoms with Gasteiger partial charge >= 0.3 is 24.1 Å². The Bertz CT molecular complexity index is 1640. The normalized spacial score (nSPS) is 17.8. The number of ether oxygens (including phenoxy) is 1. The second-order valence-electron chi connectivity index (χ2n) is 11.0. The third-order valence-corrected chi connectivity index (χ3v) is 7.23. The Morgan fingerprint density at radius 3 is 2.28 bits per heavy atom. The number of hydrogen-bond donors (Lipinski definition) is 5. The molecule has 2 heterocycles. The van der Waals surface area contributed by atoms with Crippen molar-refractivity contribution in [1.29, 1.82) is 0 Å². The number of aromatic hydroxyl groups is 2. The maximum absolute atomic E-state index is 13.8. The molecule has 2 atom stereocenters. The standard InChI is InChI=1S/C29H32N4O7.C2HF3O2/c1-33(17-20-5-3-7-23(35)15-20)14-4-6-21(18-33)32(24(27(30)36)16-19-8-10-22(34)11-9-19)29(38)31-26-13-12-25(40-26)28(37)39-2;3-2(4,5)1(6)7/h3,5,7-13,15,24H,4,6,14,16-18H2,1-2H3,(H3-2,30,31,34,35,36,37,38);(H,6,7)/p+2/b32-21-;/t24-,33?;/m0./s1. The van der Waals surface area contributed by atoms with Crippen LogP contribution in [-0.2, 0) is 27.3 Å².